The van der Waals surface area contributed by atoms with Gasteiger partial charge in [-0.2, -0.15) is 0 Å². The lowest BCUT2D eigenvalue weighted by Crippen LogP contribution is -1.80. The minimum absolute atomic E-state index is 1.03. The molecule has 0 radical (unpaired) electrons. The van der Waals surface area contributed by atoms with E-state index in [4.69, 9.17) is 0 Å². The molecule has 0 fully saturated rings. The maximum Gasteiger partial charge on any atom is -0.0311 e. The zero-order valence-corrected chi connectivity index (χ0v) is 10.2. The van der Waals surface area contributed by atoms with Crippen molar-refractivity contribution >= 4 is 0 Å². The summed E-state index contributed by atoms with van der Waals surface area (Å²) in [5.41, 5.74) is 4.50. The molecule has 0 saturated carbocycles. The van der Waals surface area contributed by atoms with E-state index in [9.17, 15) is 0 Å². The first-order valence-electron chi connectivity index (χ1n) is 5.04. The lowest BCUT2D eigenvalue weighted by molar-refractivity contribution is 1.04. The summed E-state index contributed by atoms with van der Waals surface area (Å²) in [6.07, 6.45) is 2.07. The van der Waals surface area contributed by atoms with Crippen molar-refractivity contribution in [1.29, 1.82) is 0 Å². The highest BCUT2D eigenvalue weighted by Crippen LogP contribution is 2.11. The molecular formula is C14H24. The zero-order chi connectivity index (χ0) is 11.7. The van der Waals surface area contributed by atoms with E-state index in [2.05, 4.69) is 40.2 Å². The molecule has 80 valence electrons. The Morgan fingerprint density at radius 3 is 1.00 bits per heavy atom. The van der Waals surface area contributed by atoms with Crippen molar-refractivity contribution in [1.82, 2.24) is 0 Å². The van der Waals surface area contributed by atoms with Crippen LogP contribution in [0, 0.1) is 0 Å². The van der Waals surface area contributed by atoms with Crippen molar-refractivity contribution in [3.8, 4) is 0 Å². The van der Waals surface area contributed by atoms with Gasteiger partial charge in [-0.15, -0.1) is 0 Å². The summed E-state index contributed by atoms with van der Waals surface area (Å²) in [4.78, 5) is 0. The molecule has 0 rings (SSSR count). The second-order valence-electron chi connectivity index (χ2n) is 3.47. The molecule has 0 aromatic rings. The van der Waals surface area contributed by atoms with Crippen LogP contribution in [0.15, 0.2) is 48.6 Å². The van der Waals surface area contributed by atoms with E-state index in [-0.39, 0.29) is 0 Å². The zero-order valence-electron chi connectivity index (χ0n) is 10.2. The predicted octanol–water partition coefficient (Wildman–Crippen LogP) is 5.06. The van der Waals surface area contributed by atoms with Gasteiger partial charge < -0.3 is 0 Å². The molecule has 14 heavy (non-hydrogen) atoms. The fourth-order valence-corrected chi connectivity index (χ4v) is 0.500. The quantitative estimate of drug-likeness (QED) is 0.546. The van der Waals surface area contributed by atoms with Gasteiger partial charge in [-0.3, -0.25) is 0 Å². The molecule has 0 amide bonds. The van der Waals surface area contributed by atoms with E-state index in [1.54, 1.807) is 0 Å². The fraction of sp³-hybridized carbons (Fsp3) is 0.429. The Kier molecular flexibility index (Phi) is 9.43. The van der Waals surface area contributed by atoms with Gasteiger partial charge >= 0.3 is 0 Å². The van der Waals surface area contributed by atoms with Crippen LogP contribution in [0.2, 0.25) is 0 Å². The highest BCUT2D eigenvalue weighted by molar-refractivity contribution is 5.23. The molecule has 0 saturated heterocycles. The van der Waals surface area contributed by atoms with Crippen LogP contribution in [-0.4, -0.2) is 0 Å². The second kappa shape index (κ2) is 8.55. The maximum absolute atomic E-state index is 3.84. The molecule has 0 unspecified atom stereocenters. The third-order valence-electron chi connectivity index (χ3n) is 2.08. The van der Waals surface area contributed by atoms with Crippen molar-refractivity contribution in [3.63, 3.8) is 0 Å². The van der Waals surface area contributed by atoms with E-state index in [0.717, 1.165) is 24.0 Å². The third kappa shape index (κ3) is 9.05. The summed E-state index contributed by atoms with van der Waals surface area (Å²) in [5, 5.41) is 0. The van der Waals surface area contributed by atoms with Crippen molar-refractivity contribution < 1.29 is 0 Å². The summed E-state index contributed by atoms with van der Waals surface area (Å²) in [6.45, 7) is 23.1. The Balaban J connectivity index is 0. The average molecular weight is 192 g/mol. The summed E-state index contributed by atoms with van der Waals surface area (Å²) >= 11 is 0. The largest absolute Gasteiger partial charge is 0.0959 e. The summed E-state index contributed by atoms with van der Waals surface area (Å²) in [5.74, 6) is 0. The lowest BCUT2D eigenvalue weighted by Gasteiger charge is -2.00. The number of rotatable bonds is 4. The van der Waals surface area contributed by atoms with Gasteiger partial charge in [0.15, 0.2) is 0 Å². The SMILES string of the molecule is C=C(C)C(=C)C.C=C(CC)C(=C)CC. The smallest absolute Gasteiger partial charge is 0.0311 e. The van der Waals surface area contributed by atoms with Crippen LogP contribution >= 0.6 is 0 Å². The molecule has 0 nitrogen and oxygen atoms in total. The molecule has 0 heteroatoms. The molecule has 0 aromatic heterocycles. The highest BCUT2D eigenvalue weighted by Gasteiger charge is 1.90. The monoisotopic (exact) mass is 192 g/mol. The van der Waals surface area contributed by atoms with Crippen LogP contribution in [0.1, 0.15) is 40.5 Å². The van der Waals surface area contributed by atoms with Crippen LogP contribution in [0.25, 0.3) is 0 Å². The van der Waals surface area contributed by atoms with E-state index in [1.165, 1.54) is 11.1 Å². The molecule has 0 N–H and O–H groups in total. The second-order valence-corrected chi connectivity index (χ2v) is 3.47. The first-order valence-corrected chi connectivity index (χ1v) is 5.04. The minimum Gasteiger partial charge on any atom is -0.0959 e. The normalized spacial score (nSPS) is 8.29. The summed E-state index contributed by atoms with van der Waals surface area (Å²) < 4.78 is 0. The summed E-state index contributed by atoms with van der Waals surface area (Å²) in [7, 11) is 0. The fourth-order valence-electron chi connectivity index (χ4n) is 0.500. The first kappa shape index (κ1) is 15.4. The number of hydrogen-bond acceptors (Lipinski definition) is 0. The molecule has 0 aliphatic carbocycles. The lowest BCUT2D eigenvalue weighted by atomic mass is 10.1. The Morgan fingerprint density at radius 2 is 0.929 bits per heavy atom. The molecule has 0 aliphatic rings. The highest BCUT2D eigenvalue weighted by atomic mass is 14.0. The Labute approximate surface area is 89.7 Å². The van der Waals surface area contributed by atoms with Gasteiger partial charge in [-0.25, -0.2) is 0 Å². The predicted molar refractivity (Wildman–Crippen MR) is 68.5 cm³/mol. The molecular weight excluding hydrogens is 168 g/mol. The van der Waals surface area contributed by atoms with Crippen LogP contribution in [0.3, 0.4) is 0 Å². The van der Waals surface area contributed by atoms with Crippen LogP contribution in [-0.2, 0) is 0 Å². The van der Waals surface area contributed by atoms with Crippen molar-refractivity contribution in [2.45, 2.75) is 40.5 Å². The van der Waals surface area contributed by atoms with Crippen molar-refractivity contribution in [3.05, 3.63) is 48.6 Å². The van der Waals surface area contributed by atoms with E-state index < -0.39 is 0 Å². The third-order valence-corrected chi connectivity index (χ3v) is 2.08. The minimum atomic E-state index is 1.03. The average Bonchev–Trinajstić information content (AvgIpc) is 2.16. The van der Waals surface area contributed by atoms with Crippen LogP contribution < -0.4 is 0 Å². The van der Waals surface area contributed by atoms with Crippen LogP contribution in [0.4, 0.5) is 0 Å². The van der Waals surface area contributed by atoms with Gasteiger partial charge in [-0.05, 0) is 26.7 Å². The topological polar surface area (TPSA) is 0 Å². The van der Waals surface area contributed by atoms with Gasteiger partial charge in [0.2, 0.25) is 0 Å². The number of allylic oxidation sites excluding steroid dienone is 4. The standard InChI is InChI=1S/C8H14.C6H10/c1-5-7(3)8(4)6-2;1-5(2)6(3)4/h3-6H2,1-2H3;1,3H2,2,4H3. The van der Waals surface area contributed by atoms with Gasteiger partial charge in [-0.1, -0.05) is 62.5 Å². The van der Waals surface area contributed by atoms with Gasteiger partial charge in [0.05, 0.1) is 0 Å². The Bertz CT molecular complexity index is 202. The molecule has 0 spiro atoms. The van der Waals surface area contributed by atoms with E-state index >= 15 is 0 Å². The summed E-state index contributed by atoms with van der Waals surface area (Å²) in [6, 6.07) is 0. The molecule has 0 aromatic carbocycles. The van der Waals surface area contributed by atoms with Crippen molar-refractivity contribution in [2.24, 2.45) is 0 Å². The van der Waals surface area contributed by atoms with Crippen molar-refractivity contribution in [2.75, 3.05) is 0 Å². The Hall–Kier alpha value is -1.04. The molecule has 0 atom stereocenters. The van der Waals surface area contributed by atoms with Crippen LogP contribution in [0.5, 0.6) is 0 Å². The number of hydrogen-bond donors (Lipinski definition) is 0. The van der Waals surface area contributed by atoms with Gasteiger partial charge in [0.25, 0.3) is 0 Å². The Morgan fingerprint density at radius 1 is 0.714 bits per heavy atom. The first-order chi connectivity index (χ1) is 6.36. The van der Waals surface area contributed by atoms with Gasteiger partial charge in [0, 0.05) is 0 Å². The maximum atomic E-state index is 3.84. The van der Waals surface area contributed by atoms with E-state index in [0.29, 0.717) is 0 Å². The molecule has 0 aliphatic heterocycles. The van der Waals surface area contributed by atoms with Gasteiger partial charge in [0.1, 0.15) is 0 Å². The van der Waals surface area contributed by atoms with E-state index in [1.807, 2.05) is 13.8 Å². The molecule has 0 heterocycles. The molecule has 0 bridgehead atoms.